The summed E-state index contributed by atoms with van der Waals surface area (Å²) in [4.78, 5) is 23.9. The molecule has 0 fully saturated rings. The molecule has 0 bridgehead atoms. The highest BCUT2D eigenvalue weighted by molar-refractivity contribution is 6.06. The number of primary amides is 1. The molecule has 1 heterocycles. The van der Waals surface area contributed by atoms with Crippen molar-refractivity contribution in [3.05, 3.63) is 0 Å². The van der Waals surface area contributed by atoms with E-state index in [1.54, 1.807) is 0 Å². The first-order chi connectivity index (χ1) is 4.68. The second-order valence-electron chi connectivity index (χ2n) is 1.70. The van der Waals surface area contributed by atoms with Crippen molar-refractivity contribution in [1.82, 2.24) is 10.6 Å². The molecule has 0 aromatic rings. The number of nitrogens with two attached hydrogens (primary N) is 1. The fourth-order valence-corrected chi connectivity index (χ4v) is 0.552. The summed E-state index contributed by atoms with van der Waals surface area (Å²) in [5.41, 5.74) is 4.74. The van der Waals surface area contributed by atoms with Crippen LogP contribution < -0.4 is 16.4 Å². The minimum Gasteiger partial charge on any atom is -0.351 e. The van der Waals surface area contributed by atoms with Gasteiger partial charge in [-0.05, 0) is 0 Å². The van der Waals surface area contributed by atoms with Crippen LogP contribution in [0.1, 0.15) is 0 Å². The molecule has 0 aliphatic carbocycles. The Labute approximate surface area is 56.5 Å². The van der Waals surface area contributed by atoms with E-state index in [9.17, 15) is 9.59 Å². The summed E-state index contributed by atoms with van der Waals surface area (Å²) < 4.78 is 0. The third-order valence-electron chi connectivity index (χ3n) is 0.885. The van der Waals surface area contributed by atoms with Crippen LogP contribution >= 0.6 is 0 Å². The Balaban J connectivity index is 2.50. The van der Waals surface area contributed by atoms with Crippen LogP contribution in [-0.2, 0) is 4.79 Å². The van der Waals surface area contributed by atoms with Gasteiger partial charge in [-0.25, -0.2) is 4.79 Å². The first kappa shape index (κ1) is 6.53. The average Bonchev–Trinajstić information content (AvgIpc) is 2.13. The number of carbonyl (C=O) groups excluding carboxylic acids is 2. The number of guanidine groups is 1. The van der Waals surface area contributed by atoms with E-state index in [0.717, 1.165) is 0 Å². The number of nitrogens with zero attached hydrogens (tertiary/aromatic N) is 1. The molecule has 6 heteroatoms. The molecule has 54 valence electrons. The van der Waals surface area contributed by atoms with Gasteiger partial charge in [-0.1, -0.05) is 0 Å². The van der Waals surface area contributed by atoms with Gasteiger partial charge in [0.15, 0.2) is 0 Å². The van der Waals surface area contributed by atoms with Crippen molar-refractivity contribution in [3.63, 3.8) is 0 Å². The maximum Gasteiger partial charge on any atom is 0.318 e. The van der Waals surface area contributed by atoms with Crippen LogP contribution in [0, 0.1) is 0 Å². The zero-order valence-electron chi connectivity index (χ0n) is 5.05. The molecule has 0 spiro atoms. The second kappa shape index (κ2) is 2.34. The van der Waals surface area contributed by atoms with Gasteiger partial charge in [-0.3, -0.25) is 10.1 Å². The Morgan fingerprint density at radius 1 is 1.80 bits per heavy atom. The van der Waals surface area contributed by atoms with Crippen molar-refractivity contribution in [2.24, 2.45) is 10.7 Å². The van der Waals surface area contributed by atoms with Gasteiger partial charge in [0.2, 0.25) is 5.96 Å². The number of hydrogen-bond donors (Lipinski definition) is 3. The predicted octanol–water partition coefficient (Wildman–Crippen LogP) is -1.86. The number of amides is 3. The number of nitrogens with one attached hydrogen (secondary N) is 2. The molecule has 0 saturated carbocycles. The minimum absolute atomic E-state index is 0.121. The SMILES string of the molecule is NC(=O)NC1=NC(=O)CN1. The monoisotopic (exact) mass is 142 g/mol. The maximum atomic E-state index is 10.4. The molecule has 10 heavy (non-hydrogen) atoms. The summed E-state index contributed by atoms with van der Waals surface area (Å²) in [6, 6.07) is -0.735. The Kier molecular flexibility index (Phi) is 1.53. The van der Waals surface area contributed by atoms with Crippen LogP contribution in [0.15, 0.2) is 4.99 Å². The first-order valence-corrected chi connectivity index (χ1v) is 2.60. The van der Waals surface area contributed by atoms with Gasteiger partial charge < -0.3 is 11.1 Å². The summed E-state index contributed by atoms with van der Waals surface area (Å²) in [6.45, 7) is 0.121. The molecule has 0 unspecified atom stereocenters. The third kappa shape index (κ3) is 1.44. The van der Waals surface area contributed by atoms with Gasteiger partial charge >= 0.3 is 6.03 Å². The predicted molar refractivity (Wildman–Crippen MR) is 33.2 cm³/mol. The average molecular weight is 142 g/mol. The highest BCUT2D eigenvalue weighted by atomic mass is 16.2. The highest BCUT2D eigenvalue weighted by Crippen LogP contribution is 1.82. The van der Waals surface area contributed by atoms with Crippen LogP contribution in [-0.4, -0.2) is 24.4 Å². The molecule has 0 aromatic carbocycles. The number of carbonyl (C=O) groups is 2. The topological polar surface area (TPSA) is 96.6 Å². The van der Waals surface area contributed by atoms with Crippen LogP contribution in [0.4, 0.5) is 4.79 Å². The largest absolute Gasteiger partial charge is 0.351 e. The fourth-order valence-electron chi connectivity index (χ4n) is 0.552. The van der Waals surface area contributed by atoms with Crippen molar-refractivity contribution in [2.45, 2.75) is 0 Å². The smallest absolute Gasteiger partial charge is 0.318 e. The van der Waals surface area contributed by atoms with Crippen LogP contribution in [0.2, 0.25) is 0 Å². The zero-order chi connectivity index (χ0) is 7.56. The third-order valence-corrected chi connectivity index (χ3v) is 0.885. The summed E-state index contributed by atoms with van der Waals surface area (Å²) in [5, 5.41) is 4.66. The molecule has 1 aliphatic heterocycles. The van der Waals surface area contributed by atoms with Crippen molar-refractivity contribution in [1.29, 1.82) is 0 Å². The van der Waals surface area contributed by atoms with E-state index in [0.29, 0.717) is 0 Å². The fraction of sp³-hybridized carbons (Fsp3) is 0.250. The number of rotatable bonds is 0. The lowest BCUT2D eigenvalue weighted by atomic mass is 10.7. The van der Waals surface area contributed by atoms with E-state index in [1.165, 1.54) is 0 Å². The van der Waals surface area contributed by atoms with Gasteiger partial charge in [0, 0.05) is 0 Å². The van der Waals surface area contributed by atoms with E-state index in [-0.39, 0.29) is 18.4 Å². The molecular weight excluding hydrogens is 136 g/mol. The molecular formula is C4H6N4O2. The Morgan fingerprint density at radius 3 is 2.90 bits per heavy atom. The van der Waals surface area contributed by atoms with Gasteiger partial charge in [-0.15, -0.1) is 0 Å². The zero-order valence-corrected chi connectivity index (χ0v) is 5.05. The van der Waals surface area contributed by atoms with E-state index in [1.807, 2.05) is 0 Å². The number of urea groups is 1. The second-order valence-corrected chi connectivity index (χ2v) is 1.70. The van der Waals surface area contributed by atoms with Crippen LogP contribution in [0.5, 0.6) is 0 Å². The highest BCUT2D eigenvalue weighted by Gasteiger charge is 2.12. The molecule has 1 aliphatic rings. The lowest BCUT2D eigenvalue weighted by Crippen LogP contribution is -2.41. The van der Waals surface area contributed by atoms with Crippen LogP contribution in [0.25, 0.3) is 0 Å². The molecule has 4 N–H and O–H groups in total. The van der Waals surface area contributed by atoms with E-state index in [2.05, 4.69) is 15.6 Å². The summed E-state index contributed by atoms with van der Waals surface area (Å²) >= 11 is 0. The normalized spacial score (nSPS) is 16.0. The van der Waals surface area contributed by atoms with Gasteiger partial charge in [-0.2, -0.15) is 4.99 Å². The Morgan fingerprint density at radius 2 is 2.50 bits per heavy atom. The van der Waals surface area contributed by atoms with Gasteiger partial charge in [0.1, 0.15) is 0 Å². The molecule has 6 nitrogen and oxygen atoms in total. The molecule has 0 saturated heterocycles. The minimum atomic E-state index is -0.735. The van der Waals surface area contributed by atoms with E-state index < -0.39 is 6.03 Å². The summed E-state index contributed by atoms with van der Waals surface area (Å²) in [5.74, 6) is -0.193. The van der Waals surface area contributed by atoms with E-state index in [4.69, 9.17) is 5.73 Å². The van der Waals surface area contributed by atoms with Crippen molar-refractivity contribution >= 4 is 17.9 Å². The lowest BCUT2D eigenvalue weighted by Gasteiger charge is -1.97. The van der Waals surface area contributed by atoms with Gasteiger partial charge in [0.25, 0.3) is 5.91 Å². The molecule has 1 rings (SSSR count). The summed E-state index contributed by atoms with van der Waals surface area (Å²) in [6.07, 6.45) is 0. The number of aliphatic imine (C=N–C) groups is 1. The van der Waals surface area contributed by atoms with Crippen LogP contribution in [0.3, 0.4) is 0 Å². The molecule has 0 atom stereocenters. The Bertz CT molecular complexity index is 209. The van der Waals surface area contributed by atoms with E-state index >= 15 is 0 Å². The standard InChI is InChI=1S/C4H6N4O2/c5-3(10)8-4-6-1-2(9)7-4/h1H2,(H4,5,6,7,8,9,10). The van der Waals surface area contributed by atoms with Gasteiger partial charge in [0.05, 0.1) is 6.54 Å². The first-order valence-electron chi connectivity index (χ1n) is 2.60. The Hall–Kier alpha value is -1.59. The quantitative estimate of drug-likeness (QED) is 0.370. The lowest BCUT2D eigenvalue weighted by molar-refractivity contribution is -0.116. The number of hydrogen-bond acceptors (Lipinski definition) is 3. The summed E-state index contributed by atoms with van der Waals surface area (Å²) in [7, 11) is 0. The molecule has 3 amide bonds. The molecule has 0 aromatic heterocycles. The maximum absolute atomic E-state index is 10.4. The van der Waals surface area contributed by atoms with Crippen molar-refractivity contribution in [2.75, 3.05) is 6.54 Å². The van der Waals surface area contributed by atoms with Crippen molar-refractivity contribution in [3.8, 4) is 0 Å². The molecule has 0 radical (unpaired) electrons. The van der Waals surface area contributed by atoms with Crippen molar-refractivity contribution < 1.29 is 9.59 Å².